The molecule has 1 saturated heterocycles. The van der Waals surface area contributed by atoms with Gasteiger partial charge in [-0.2, -0.15) is 0 Å². The molecule has 0 spiro atoms. The molecule has 3 atom stereocenters. The first-order chi connectivity index (χ1) is 12.3. The zero-order valence-corrected chi connectivity index (χ0v) is 16.6. The van der Waals surface area contributed by atoms with Crippen molar-refractivity contribution >= 4 is 27.5 Å². The molecule has 0 aliphatic carbocycles. The number of H-pyrrole nitrogens is 1. The van der Waals surface area contributed by atoms with Gasteiger partial charge in [0.05, 0.1) is 30.2 Å². The second-order valence-electron chi connectivity index (χ2n) is 6.80. The number of carbonyl (C=O) groups excluding carboxylic acids is 1. The molecule has 3 rings (SSSR count). The monoisotopic (exact) mass is 379 g/mol. The summed E-state index contributed by atoms with van der Waals surface area (Å²) >= 11 is 1.22. The number of aromatic amines is 1. The average molecular weight is 379 g/mol. The van der Waals surface area contributed by atoms with E-state index in [1.807, 2.05) is 20.8 Å². The highest BCUT2D eigenvalue weighted by Gasteiger charge is 2.28. The first-order valence-electron chi connectivity index (χ1n) is 8.91. The van der Waals surface area contributed by atoms with Crippen molar-refractivity contribution < 1.29 is 14.3 Å². The lowest BCUT2D eigenvalue weighted by Gasteiger charge is -2.38. The van der Waals surface area contributed by atoms with Crippen molar-refractivity contribution in [2.24, 2.45) is 0 Å². The highest BCUT2D eigenvalue weighted by atomic mass is 32.1. The van der Waals surface area contributed by atoms with Crippen LogP contribution in [0.25, 0.3) is 10.2 Å². The molecule has 0 bridgehead atoms. The third-order valence-electron chi connectivity index (χ3n) is 4.67. The van der Waals surface area contributed by atoms with Gasteiger partial charge < -0.3 is 14.5 Å². The molecular weight excluding hydrogens is 354 g/mol. The number of thiophene rings is 1. The molecular formula is C18H25N3O4S. The van der Waals surface area contributed by atoms with Crippen molar-refractivity contribution in [3.8, 4) is 0 Å². The molecule has 0 amide bonds. The van der Waals surface area contributed by atoms with E-state index >= 15 is 0 Å². The van der Waals surface area contributed by atoms with Gasteiger partial charge in [0.1, 0.15) is 15.5 Å². The number of hydrogen-bond donors (Lipinski definition) is 1. The topological polar surface area (TPSA) is 84.5 Å². The van der Waals surface area contributed by atoms with Gasteiger partial charge >= 0.3 is 5.97 Å². The first-order valence-corrected chi connectivity index (χ1v) is 9.73. The van der Waals surface area contributed by atoms with Crippen LogP contribution in [0.2, 0.25) is 0 Å². The molecule has 1 aliphatic heterocycles. The van der Waals surface area contributed by atoms with Crippen LogP contribution in [0.5, 0.6) is 0 Å². The van der Waals surface area contributed by atoms with E-state index in [0.717, 1.165) is 13.1 Å². The van der Waals surface area contributed by atoms with E-state index in [1.165, 1.54) is 11.3 Å². The summed E-state index contributed by atoms with van der Waals surface area (Å²) in [5.41, 5.74) is 0.417. The van der Waals surface area contributed by atoms with Crippen LogP contribution in [0.4, 0.5) is 0 Å². The Kier molecular flexibility index (Phi) is 5.45. The standard InChI is InChI=1S/C18H25N3O4S/c1-6-24-18(23)14-11(4)13-16(22)19-15(20-17(13)26-14)12(5)21-7-9(2)25-10(3)8-21/h9-10,12H,6-8H2,1-5H3,(H,19,20,22)/t9-,10-,12+/m1/s1. The summed E-state index contributed by atoms with van der Waals surface area (Å²) in [5.74, 6) is 0.207. The van der Waals surface area contributed by atoms with Crippen molar-refractivity contribution in [2.75, 3.05) is 19.7 Å². The molecule has 8 heteroatoms. The number of nitrogens with one attached hydrogen (secondary N) is 1. The Hall–Kier alpha value is -1.77. The minimum atomic E-state index is -0.405. The number of aryl methyl sites for hydroxylation is 1. The maximum atomic E-state index is 12.6. The largest absolute Gasteiger partial charge is 0.462 e. The van der Waals surface area contributed by atoms with Gasteiger partial charge in [-0.3, -0.25) is 9.69 Å². The van der Waals surface area contributed by atoms with Crippen LogP contribution in [0.3, 0.4) is 0 Å². The van der Waals surface area contributed by atoms with Gasteiger partial charge in [-0.25, -0.2) is 9.78 Å². The molecule has 3 heterocycles. The van der Waals surface area contributed by atoms with Gasteiger partial charge in [-0.15, -0.1) is 11.3 Å². The summed E-state index contributed by atoms with van der Waals surface area (Å²) in [4.78, 5) is 35.6. The van der Waals surface area contributed by atoms with Gasteiger partial charge in [-0.05, 0) is 40.2 Å². The summed E-state index contributed by atoms with van der Waals surface area (Å²) in [6.45, 7) is 11.5. The Morgan fingerprint density at radius 1 is 1.42 bits per heavy atom. The number of fused-ring (bicyclic) bond motifs is 1. The maximum absolute atomic E-state index is 12.6. The van der Waals surface area contributed by atoms with Crippen LogP contribution < -0.4 is 5.56 Å². The molecule has 2 aromatic rings. The highest BCUT2D eigenvalue weighted by Crippen LogP contribution is 2.29. The Labute approximate surface area is 156 Å². The molecule has 0 saturated carbocycles. The van der Waals surface area contributed by atoms with E-state index in [0.29, 0.717) is 33.1 Å². The number of hydrogen-bond acceptors (Lipinski definition) is 7. The van der Waals surface area contributed by atoms with Crippen LogP contribution in [0.1, 0.15) is 54.8 Å². The smallest absolute Gasteiger partial charge is 0.348 e. The van der Waals surface area contributed by atoms with Crippen LogP contribution in [0.15, 0.2) is 4.79 Å². The number of carbonyl (C=O) groups is 1. The summed E-state index contributed by atoms with van der Waals surface area (Å²) < 4.78 is 10.9. The number of esters is 1. The average Bonchev–Trinajstić information content (AvgIpc) is 2.90. The Bertz CT molecular complexity index is 865. The minimum absolute atomic E-state index is 0.0469. The number of aromatic nitrogens is 2. The second kappa shape index (κ2) is 7.46. The summed E-state index contributed by atoms with van der Waals surface area (Å²) in [5, 5.41) is 0.470. The van der Waals surface area contributed by atoms with Gasteiger partial charge in [0.2, 0.25) is 0 Å². The predicted octanol–water partition coefficient (Wildman–Crippen LogP) is 2.64. The lowest BCUT2D eigenvalue weighted by atomic mass is 10.1. The molecule has 0 aromatic carbocycles. The van der Waals surface area contributed by atoms with Crippen molar-refractivity contribution in [3.05, 3.63) is 26.6 Å². The molecule has 7 nitrogen and oxygen atoms in total. The van der Waals surface area contributed by atoms with Crippen LogP contribution >= 0.6 is 11.3 Å². The summed E-state index contributed by atoms with van der Waals surface area (Å²) in [7, 11) is 0. The fourth-order valence-electron chi connectivity index (χ4n) is 3.46. The van der Waals surface area contributed by atoms with E-state index in [-0.39, 0.29) is 23.8 Å². The third-order valence-corrected chi connectivity index (χ3v) is 5.84. The lowest BCUT2D eigenvalue weighted by Crippen LogP contribution is -2.46. The van der Waals surface area contributed by atoms with Crippen LogP contribution in [-0.2, 0) is 9.47 Å². The van der Waals surface area contributed by atoms with E-state index in [9.17, 15) is 9.59 Å². The minimum Gasteiger partial charge on any atom is -0.462 e. The molecule has 1 N–H and O–H groups in total. The van der Waals surface area contributed by atoms with E-state index in [1.54, 1.807) is 13.8 Å². The SMILES string of the molecule is CCOC(=O)c1sc2nc([C@H](C)N3C[C@@H](C)O[C@H](C)C3)[nH]c(=O)c2c1C. The fraction of sp³-hybridized carbons (Fsp3) is 0.611. The van der Waals surface area contributed by atoms with E-state index < -0.39 is 5.97 Å². The van der Waals surface area contributed by atoms with Gasteiger partial charge in [-0.1, -0.05) is 0 Å². The molecule has 2 aromatic heterocycles. The molecule has 0 radical (unpaired) electrons. The number of rotatable bonds is 4. The third kappa shape index (κ3) is 3.54. The Morgan fingerprint density at radius 2 is 2.08 bits per heavy atom. The van der Waals surface area contributed by atoms with E-state index in [4.69, 9.17) is 9.47 Å². The van der Waals surface area contributed by atoms with Crippen LogP contribution in [-0.4, -0.2) is 52.7 Å². The van der Waals surface area contributed by atoms with Crippen LogP contribution in [0, 0.1) is 6.92 Å². The van der Waals surface area contributed by atoms with Crippen molar-refractivity contribution in [1.29, 1.82) is 0 Å². The molecule has 0 unspecified atom stereocenters. The number of morpholine rings is 1. The lowest BCUT2D eigenvalue weighted by molar-refractivity contribution is -0.0797. The Balaban J connectivity index is 1.98. The zero-order valence-electron chi connectivity index (χ0n) is 15.8. The maximum Gasteiger partial charge on any atom is 0.348 e. The van der Waals surface area contributed by atoms with E-state index in [2.05, 4.69) is 14.9 Å². The van der Waals surface area contributed by atoms with Crippen molar-refractivity contribution in [1.82, 2.24) is 14.9 Å². The predicted molar refractivity (Wildman–Crippen MR) is 101 cm³/mol. The molecule has 1 fully saturated rings. The Morgan fingerprint density at radius 3 is 2.69 bits per heavy atom. The van der Waals surface area contributed by atoms with Gasteiger partial charge in [0.15, 0.2) is 0 Å². The van der Waals surface area contributed by atoms with Crippen molar-refractivity contribution in [2.45, 2.75) is 52.9 Å². The normalized spacial score (nSPS) is 22.5. The van der Waals surface area contributed by atoms with Crippen molar-refractivity contribution in [3.63, 3.8) is 0 Å². The highest BCUT2D eigenvalue weighted by molar-refractivity contribution is 7.20. The quantitative estimate of drug-likeness (QED) is 0.822. The molecule has 142 valence electrons. The van der Waals surface area contributed by atoms with Gasteiger partial charge in [0.25, 0.3) is 5.56 Å². The number of ether oxygens (including phenoxy) is 2. The first kappa shape index (κ1) is 19.0. The molecule has 26 heavy (non-hydrogen) atoms. The molecule has 1 aliphatic rings. The van der Waals surface area contributed by atoms with Gasteiger partial charge in [0, 0.05) is 13.1 Å². The second-order valence-corrected chi connectivity index (χ2v) is 7.79. The summed E-state index contributed by atoms with van der Waals surface area (Å²) in [6.07, 6.45) is 0.270. The zero-order chi connectivity index (χ0) is 19.0. The number of nitrogens with zero attached hydrogens (tertiary/aromatic N) is 2. The summed E-state index contributed by atoms with van der Waals surface area (Å²) in [6, 6.07) is -0.0469. The fourth-order valence-corrected chi connectivity index (χ4v) is 4.54.